The summed E-state index contributed by atoms with van der Waals surface area (Å²) in [6.45, 7) is 0.376. The third-order valence-electron chi connectivity index (χ3n) is 5.38. The molecule has 0 aromatic heterocycles. The molecule has 0 unspecified atom stereocenters. The Morgan fingerprint density at radius 1 is 1.00 bits per heavy atom. The van der Waals surface area contributed by atoms with Crippen LogP contribution in [-0.4, -0.2) is 43.5 Å². The van der Waals surface area contributed by atoms with Crippen LogP contribution in [0.1, 0.15) is 42.5 Å². The van der Waals surface area contributed by atoms with E-state index in [1.807, 2.05) is 19.2 Å². The zero-order valence-corrected chi connectivity index (χ0v) is 17.1. The van der Waals surface area contributed by atoms with Crippen molar-refractivity contribution in [2.45, 2.75) is 38.1 Å². The van der Waals surface area contributed by atoms with Crippen LogP contribution in [0.4, 0.5) is 11.4 Å². The second-order valence-electron chi connectivity index (χ2n) is 7.49. The number of hydrogen-bond acceptors (Lipinski definition) is 4. The number of methoxy groups -OCH3 is 1. The molecule has 29 heavy (non-hydrogen) atoms. The van der Waals surface area contributed by atoms with E-state index in [1.54, 1.807) is 43.5 Å². The Kier molecular flexibility index (Phi) is 7.25. The van der Waals surface area contributed by atoms with Gasteiger partial charge in [0.15, 0.2) is 0 Å². The first kappa shape index (κ1) is 20.9. The molecule has 154 valence electrons. The van der Waals surface area contributed by atoms with E-state index in [0.29, 0.717) is 35.3 Å². The van der Waals surface area contributed by atoms with Gasteiger partial charge in [-0.05, 0) is 56.3 Å². The van der Waals surface area contributed by atoms with E-state index in [-0.39, 0.29) is 11.8 Å². The van der Waals surface area contributed by atoms with Crippen LogP contribution >= 0.6 is 0 Å². The fourth-order valence-electron chi connectivity index (χ4n) is 3.73. The molecule has 6 nitrogen and oxygen atoms in total. The average Bonchev–Trinajstić information content (AvgIpc) is 2.75. The van der Waals surface area contributed by atoms with E-state index in [9.17, 15) is 9.59 Å². The fourth-order valence-corrected chi connectivity index (χ4v) is 3.73. The van der Waals surface area contributed by atoms with E-state index in [0.717, 1.165) is 0 Å². The first-order valence-electron chi connectivity index (χ1n) is 10.1. The Labute approximate surface area is 172 Å². The fraction of sp³-hybridized carbons (Fsp3) is 0.391. The molecule has 0 saturated heterocycles. The molecule has 0 radical (unpaired) electrons. The van der Waals surface area contributed by atoms with Crippen LogP contribution < -0.4 is 15.4 Å². The van der Waals surface area contributed by atoms with Crippen LogP contribution in [0.15, 0.2) is 48.5 Å². The molecule has 0 heterocycles. The molecule has 0 aliphatic heterocycles. The van der Waals surface area contributed by atoms with Gasteiger partial charge in [0.1, 0.15) is 5.75 Å². The number of benzene rings is 2. The van der Waals surface area contributed by atoms with Gasteiger partial charge in [0.25, 0.3) is 5.91 Å². The Balaban J connectivity index is 1.54. The third kappa shape index (κ3) is 5.81. The predicted octanol–water partition coefficient (Wildman–Crippen LogP) is 4.15. The monoisotopic (exact) mass is 395 g/mol. The second kappa shape index (κ2) is 10.1. The molecule has 6 heteroatoms. The Bertz CT molecular complexity index is 830. The van der Waals surface area contributed by atoms with Crippen molar-refractivity contribution in [1.29, 1.82) is 0 Å². The number of carbonyl (C=O) groups is 2. The quantitative estimate of drug-likeness (QED) is 0.739. The van der Waals surface area contributed by atoms with Crippen LogP contribution in [0.25, 0.3) is 0 Å². The van der Waals surface area contributed by atoms with Gasteiger partial charge in [0, 0.05) is 17.3 Å². The summed E-state index contributed by atoms with van der Waals surface area (Å²) in [6, 6.07) is 14.6. The molecule has 0 spiro atoms. The average molecular weight is 396 g/mol. The molecular formula is C23H29N3O3. The van der Waals surface area contributed by atoms with Crippen LogP contribution in [0.3, 0.4) is 0 Å². The summed E-state index contributed by atoms with van der Waals surface area (Å²) in [6.07, 6.45) is 6.12. The zero-order valence-electron chi connectivity index (χ0n) is 17.1. The lowest BCUT2D eigenvalue weighted by molar-refractivity contribution is -0.117. The van der Waals surface area contributed by atoms with Crippen LogP contribution in [-0.2, 0) is 4.79 Å². The Morgan fingerprint density at radius 2 is 1.69 bits per heavy atom. The maximum atomic E-state index is 12.5. The maximum absolute atomic E-state index is 12.5. The van der Waals surface area contributed by atoms with E-state index in [1.165, 1.54) is 32.1 Å². The Hall–Kier alpha value is -2.86. The topological polar surface area (TPSA) is 70.7 Å². The zero-order chi connectivity index (χ0) is 20.6. The summed E-state index contributed by atoms with van der Waals surface area (Å²) in [4.78, 5) is 27.0. The summed E-state index contributed by atoms with van der Waals surface area (Å²) in [5.74, 6) is 0.334. The van der Waals surface area contributed by atoms with Crippen molar-refractivity contribution in [3.05, 3.63) is 54.1 Å². The molecule has 0 bridgehead atoms. The lowest BCUT2D eigenvalue weighted by Crippen LogP contribution is -2.39. The van der Waals surface area contributed by atoms with E-state index >= 15 is 0 Å². The molecule has 1 aliphatic carbocycles. The van der Waals surface area contributed by atoms with Gasteiger partial charge in [0.2, 0.25) is 5.91 Å². The number of nitrogens with one attached hydrogen (secondary N) is 2. The number of nitrogens with zero attached hydrogens (tertiary/aromatic N) is 1. The highest BCUT2D eigenvalue weighted by molar-refractivity contribution is 6.05. The molecular weight excluding hydrogens is 366 g/mol. The normalized spacial score (nSPS) is 14.4. The molecule has 0 atom stereocenters. The molecule has 1 saturated carbocycles. The maximum Gasteiger partial charge on any atom is 0.255 e. The summed E-state index contributed by atoms with van der Waals surface area (Å²) in [5.41, 5.74) is 1.80. The smallest absolute Gasteiger partial charge is 0.255 e. The summed E-state index contributed by atoms with van der Waals surface area (Å²) in [5, 5.41) is 5.76. The summed E-state index contributed by atoms with van der Waals surface area (Å²) >= 11 is 0. The molecule has 2 aromatic rings. The van der Waals surface area contributed by atoms with Gasteiger partial charge in [-0.25, -0.2) is 0 Å². The molecule has 3 rings (SSSR count). The van der Waals surface area contributed by atoms with Gasteiger partial charge in [-0.1, -0.05) is 31.4 Å². The van der Waals surface area contributed by atoms with E-state index < -0.39 is 0 Å². The van der Waals surface area contributed by atoms with Crippen LogP contribution in [0.5, 0.6) is 5.75 Å². The highest BCUT2D eigenvalue weighted by Gasteiger charge is 2.19. The van der Waals surface area contributed by atoms with Gasteiger partial charge in [0.05, 0.1) is 19.3 Å². The predicted molar refractivity (Wildman–Crippen MR) is 116 cm³/mol. The largest absolute Gasteiger partial charge is 0.495 e. The Morgan fingerprint density at radius 3 is 2.38 bits per heavy atom. The standard InChI is InChI=1S/C23H29N3O3/c1-26(19-8-4-3-5-9-19)16-22(27)24-18-14-12-17(13-15-18)23(28)25-20-10-6-7-11-21(20)29-2/h6-7,10-15,19H,3-5,8-9,16H2,1-2H3,(H,24,27)(H,25,28). The first-order valence-corrected chi connectivity index (χ1v) is 10.1. The van der Waals surface area contributed by atoms with Crippen LogP contribution in [0.2, 0.25) is 0 Å². The van der Waals surface area contributed by atoms with Gasteiger partial charge in [-0.3, -0.25) is 14.5 Å². The SMILES string of the molecule is COc1ccccc1NC(=O)c1ccc(NC(=O)CN(C)C2CCCCC2)cc1. The minimum Gasteiger partial charge on any atom is -0.495 e. The molecule has 1 aliphatic rings. The van der Waals surface area contributed by atoms with Crippen LogP contribution in [0, 0.1) is 0 Å². The van der Waals surface area contributed by atoms with E-state index in [4.69, 9.17) is 4.74 Å². The number of para-hydroxylation sites is 2. The van der Waals surface area contributed by atoms with Gasteiger partial charge >= 0.3 is 0 Å². The summed E-state index contributed by atoms with van der Waals surface area (Å²) < 4.78 is 5.25. The van der Waals surface area contributed by atoms with Gasteiger partial charge < -0.3 is 15.4 Å². The second-order valence-corrected chi connectivity index (χ2v) is 7.49. The van der Waals surface area contributed by atoms with Crippen molar-refractivity contribution in [1.82, 2.24) is 4.90 Å². The third-order valence-corrected chi connectivity index (χ3v) is 5.38. The lowest BCUT2D eigenvalue weighted by Gasteiger charge is -2.30. The summed E-state index contributed by atoms with van der Waals surface area (Å²) in [7, 11) is 3.58. The number of likely N-dealkylation sites (N-methyl/N-ethyl adjacent to an activating group) is 1. The first-order chi connectivity index (χ1) is 14.1. The number of carbonyl (C=O) groups excluding carboxylic acids is 2. The van der Waals surface area contributed by atoms with Crippen molar-refractivity contribution in [3.63, 3.8) is 0 Å². The van der Waals surface area contributed by atoms with Crippen molar-refractivity contribution < 1.29 is 14.3 Å². The number of ether oxygens (including phenoxy) is 1. The number of rotatable bonds is 7. The molecule has 2 N–H and O–H groups in total. The number of hydrogen-bond donors (Lipinski definition) is 2. The molecule has 2 amide bonds. The van der Waals surface area contributed by atoms with Crippen molar-refractivity contribution in [2.75, 3.05) is 31.3 Å². The highest BCUT2D eigenvalue weighted by Crippen LogP contribution is 2.24. The minimum atomic E-state index is -0.232. The number of amides is 2. The van der Waals surface area contributed by atoms with Crippen molar-refractivity contribution >= 4 is 23.2 Å². The molecule has 1 fully saturated rings. The molecule has 2 aromatic carbocycles. The number of anilines is 2. The minimum absolute atomic E-state index is 0.0377. The van der Waals surface area contributed by atoms with E-state index in [2.05, 4.69) is 15.5 Å². The lowest BCUT2D eigenvalue weighted by atomic mass is 9.94. The van der Waals surface area contributed by atoms with Gasteiger partial charge in [-0.15, -0.1) is 0 Å². The van der Waals surface area contributed by atoms with Crippen molar-refractivity contribution in [3.8, 4) is 5.75 Å². The van der Waals surface area contributed by atoms with Gasteiger partial charge in [-0.2, -0.15) is 0 Å². The highest BCUT2D eigenvalue weighted by atomic mass is 16.5. The van der Waals surface area contributed by atoms with Crippen molar-refractivity contribution in [2.24, 2.45) is 0 Å².